The maximum atomic E-state index is 4.33. The minimum absolute atomic E-state index is 0.852. The van der Waals surface area contributed by atoms with Gasteiger partial charge in [-0.05, 0) is 62.0 Å². The molecule has 0 N–H and O–H groups in total. The molecule has 0 aromatic carbocycles. The second-order valence-corrected chi connectivity index (χ2v) is 8.32. The summed E-state index contributed by atoms with van der Waals surface area (Å²) in [7, 11) is 0. The molecule has 2 saturated carbocycles. The van der Waals surface area contributed by atoms with Crippen LogP contribution in [0.4, 0.5) is 0 Å². The van der Waals surface area contributed by atoms with Crippen molar-refractivity contribution in [2.45, 2.75) is 91.7 Å². The molecule has 2 fully saturated rings. The minimum atomic E-state index is 0.852. The first-order valence-corrected chi connectivity index (χ1v) is 11.0. The number of hydrogen-bond donors (Lipinski definition) is 0. The lowest BCUT2D eigenvalue weighted by Gasteiger charge is -2.34. The second kappa shape index (κ2) is 12.5. The van der Waals surface area contributed by atoms with Gasteiger partial charge in [-0.25, -0.2) is 0 Å². The highest BCUT2D eigenvalue weighted by atomic mass is 32.2. The van der Waals surface area contributed by atoms with Crippen LogP contribution in [0, 0.1) is 23.7 Å². The van der Waals surface area contributed by atoms with Crippen molar-refractivity contribution in [1.29, 1.82) is 0 Å². The zero-order valence-corrected chi connectivity index (χ0v) is 17.3. The van der Waals surface area contributed by atoms with Gasteiger partial charge in [0.2, 0.25) is 0 Å². The maximum Gasteiger partial charge on any atom is 0.00133 e. The van der Waals surface area contributed by atoms with Crippen LogP contribution in [-0.2, 0) is 0 Å². The van der Waals surface area contributed by atoms with Crippen LogP contribution in [0.3, 0.4) is 0 Å². The summed E-state index contributed by atoms with van der Waals surface area (Å²) >= 11 is 1.92. The van der Waals surface area contributed by atoms with Gasteiger partial charge in [0.25, 0.3) is 0 Å². The van der Waals surface area contributed by atoms with E-state index in [-0.39, 0.29) is 0 Å². The molecule has 0 radical (unpaired) electrons. The van der Waals surface area contributed by atoms with Gasteiger partial charge in [0, 0.05) is 5.25 Å². The maximum absolute atomic E-state index is 4.33. The van der Waals surface area contributed by atoms with E-state index in [4.69, 9.17) is 0 Å². The summed E-state index contributed by atoms with van der Waals surface area (Å²) < 4.78 is 0. The Labute approximate surface area is 145 Å². The molecule has 1 heteroatoms. The van der Waals surface area contributed by atoms with Crippen LogP contribution < -0.4 is 0 Å². The number of rotatable bonds is 7. The van der Waals surface area contributed by atoms with E-state index < -0.39 is 0 Å². The van der Waals surface area contributed by atoms with E-state index in [1.165, 1.54) is 44.9 Å². The van der Waals surface area contributed by atoms with Crippen molar-refractivity contribution in [3.63, 3.8) is 0 Å². The molecule has 0 spiro atoms. The lowest BCUT2D eigenvalue weighted by molar-refractivity contribution is 0.241. The van der Waals surface area contributed by atoms with Gasteiger partial charge in [0.1, 0.15) is 0 Å². The Bertz CT molecular complexity index is 274. The van der Waals surface area contributed by atoms with E-state index in [9.17, 15) is 0 Å². The van der Waals surface area contributed by atoms with Crippen molar-refractivity contribution in [1.82, 2.24) is 0 Å². The van der Waals surface area contributed by atoms with Crippen LogP contribution in [0.5, 0.6) is 0 Å². The Morgan fingerprint density at radius 2 is 1.77 bits per heavy atom. The highest BCUT2D eigenvalue weighted by Gasteiger charge is 2.42. The molecule has 22 heavy (non-hydrogen) atoms. The van der Waals surface area contributed by atoms with E-state index >= 15 is 0 Å². The number of thioether (sulfide) groups is 1. The van der Waals surface area contributed by atoms with Crippen LogP contribution in [0.15, 0.2) is 12.2 Å². The molecule has 0 heterocycles. The van der Waals surface area contributed by atoms with Crippen molar-refractivity contribution in [3.8, 4) is 0 Å². The van der Waals surface area contributed by atoms with Crippen LogP contribution in [0.25, 0.3) is 0 Å². The van der Waals surface area contributed by atoms with Crippen molar-refractivity contribution in [3.05, 3.63) is 12.2 Å². The minimum Gasteiger partial charge on any atom is -0.162 e. The summed E-state index contributed by atoms with van der Waals surface area (Å²) in [6.07, 6.45) is 12.0. The van der Waals surface area contributed by atoms with Gasteiger partial charge < -0.3 is 0 Å². The fourth-order valence-electron chi connectivity index (χ4n) is 3.16. The third-order valence-electron chi connectivity index (χ3n) is 5.20. The summed E-state index contributed by atoms with van der Waals surface area (Å²) in [5.74, 6) is 3.84. The molecule has 0 amide bonds. The topological polar surface area (TPSA) is 0 Å². The summed E-state index contributed by atoms with van der Waals surface area (Å²) in [5, 5.41) is 0.852. The normalized spacial score (nSPS) is 30.0. The zero-order valence-electron chi connectivity index (χ0n) is 16.5. The largest absolute Gasteiger partial charge is 0.162 e. The Balaban J connectivity index is 0.000000470. The van der Waals surface area contributed by atoms with E-state index in [2.05, 4.69) is 40.5 Å². The summed E-state index contributed by atoms with van der Waals surface area (Å²) in [4.78, 5) is 0. The molecule has 132 valence electrons. The fraction of sp³-hybridized carbons (Fsp3) is 0.905. The van der Waals surface area contributed by atoms with Crippen LogP contribution >= 0.6 is 11.8 Å². The first kappa shape index (κ1) is 22.1. The molecular formula is C21H42S. The smallest absolute Gasteiger partial charge is 0.00133 e. The number of unbranched alkanes of at least 4 members (excludes halogenated alkanes) is 1. The van der Waals surface area contributed by atoms with E-state index in [1.54, 1.807) is 5.57 Å². The summed E-state index contributed by atoms with van der Waals surface area (Å²) in [6, 6.07) is 0. The molecule has 2 rings (SSSR count). The van der Waals surface area contributed by atoms with E-state index in [1.807, 2.05) is 25.6 Å². The van der Waals surface area contributed by atoms with Gasteiger partial charge in [-0.1, -0.05) is 66.5 Å². The monoisotopic (exact) mass is 326 g/mol. The lowest BCUT2D eigenvalue weighted by Crippen LogP contribution is -2.23. The summed E-state index contributed by atoms with van der Waals surface area (Å²) in [6.45, 7) is 17.4. The highest BCUT2D eigenvalue weighted by Crippen LogP contribution is 2.53. The van der Waals surface area contributed by atoms with Crippen molar-refractivity contribution in [2.24, 2.45) is 23.7 Å². The van der Waals surface area contributed by atoms with Gasteiger partial charge in [0.15, 0.2) is 0 Å². The molecule has 2 aliphatic rings. The SMILES string of the molecule is C=C(C1CC(C)C1)C1CC1CCCC.CC.CCC(C)SC. The molecule has 0 aromatic rings. The third kappa shape index (κ3) is 8.09. The number of hydrogen-bond acceptors (Lipinski definition) is 1. The lowest BCUT2D eigenvalue weighted by atomic mass is 9.71. The van der Waals surface area contributed by atoms with Gasteiger partial charge in [-0.3, -0.25) is 0 Å². The summed E-state index contributed by atoms with van der Waals surface area (Å²) in [5.41, 5.74) is 1.62. The van der Waals surface area contributed by atoms with Gasteiger partial charge in [0.05, 0.1) is 0 Å². The van der Waals surface area contributed by atoms with Crippen LogP contribution in [0.1, 0.15) is 86.5 Å². The van der Waals surface area contributed by atoms with Gasteiger partial charge in [-0.15, -0.1) is 0 Å². The third-order valence-corrected chi connectivity index (χ3v) is 6.34. The van der Waals surface area contributed by atoms with Crippen LogP contribution in [-0.4, -0.2) is 11.5 Å². The second-order valence-electron chi connectivity index (χ2n) is 7.05. The average molecular weight is 327 g/mol. The van der Waals surface area contributed by atoms with E-state index in [0.29, 0.717) is 0 Å². The zero-order chi connectivity index (χ0) is 17.1. The van der Waals surface area contributed by atoms with Crippen molar-refractivity contribution in [2.75, 3.05) is 6.26 Å². The Kier molecular flexibility index (Phi) is 12.6. The Hall–Kier alpha value is 0.0900. The predicted molar refractivity (Wildman–Crippen MR) is 107 cm³/mol. The first-order valence-electron chi connectivity index (χ1n) is 9.74. The molecule has 0 nitrogen and oxygen atoms in total. The van der Waals surface area contributed by atoms with Crippen molar-refractivity contribution >= 4 is 11.8 Å². The quantitative estimate of drug-likeness (QED) is 0.434. The molecule has 0 aromatic heterocycles. The van der Waals surface area contributed by atoms with Crippen molar-refractivity contribution < 1.29 is 0 Å². The van der Waals surface area contributed by atoms with Gasteiger partial charge in [-0.2, -0.15) is 11.8 Å². The first-order chi connectivity index (χ1) is 10.5. The molecular weight excluding hydrogens is 284 g/mol. The average Bonchev–Trinajstić information content (AvgIpc) is 3.30. The van der Waals surface area contributed by atoms with E-state index in [0.717, 1.165) is 28.9 Å². The molecule has 2 aliphatic carbocycles. The highest BCUT2D eigenvalue weighted by molar-refractivity contribution is 7.99. The van der Waals surface area contributed by atoms with Crippen LogP contribution in [0.2, 0.25) is 0 Å². The Morgan fingerprint density at radius 3 is 2.14 bits per heavy atom. The standard InChI is InChI=1S/C14H24.C5H12S.C2H6/c1-4-5-6-12-9-14(12)11(3)13-7-10(2)8-13;1-4-5(2)6-3;1-2/h10,12-14H,3-9H2,1-2H3;5H,4H2,1-3H3;1-2H3. The molecule has 0 aliphatic heterocycles. The fourth-order valence-corrected chi connectivity index (χ4v) is 3.49. The molecule has 3 atom stereocenters. The molecule has 3 unspecified atom stereocenters. The van der Waals surface area contributed by atoms with Gasteiger partial charge >= 0.3 is 0 Å². The predicted octanol–water partition coefficient (Wildman–Crippen LogP) is 7.59. The molecule has 0 bridgehead atoms. The molecule has 0 saturated heterocycles. The Morgan fingerprint density at radius 1 is 1.18 bits per heavy atom. The number of allylic oxidation sites excluding steroid dienone is 1.